The number of rotatable bonds is 10. The number of benzene rings is 1. The third-order valence-corrected chi connectivity index (χ3v) is 4.98. The van der Waals surface area contributed by atoms with E-state index < -0.39 is 0 Å². The molecule has 3 heteroatoms. The summed E-state index contributed by atoms with van der Waals surface area (Å²) >= 11 is 9.91. The van der Waals surface area contributed by atoms with Crippen molar-refractivity contribution in [3.8, 4) is 0 Å². The fraction of sp³-hybridized carbons (Fsp3) is 0.667. The predicted molar refractivity (Wildman–Crippen MR) is 99.6 cm³/mol. The number of nitrogens with one attached hydrogen (secondary N) is 1. The highest BCUT2D eigenvalue weighted by Gasteiger charge is 2.11. The zero-order valence-electron chi connectivity index (χ0n) is 13.6. The lowest BCUT2D eigenvalue weighted by Gasteiger charge is -2.21. The molecule has 0 aromatic heterocycles. The van der Waals surface area contributed by atoms with E-state index in [4.69, 9.17) is 11.6 Å². The molecule has 0 saturated carbocycles. The van der Waals surface area contributed by atoms with Crippen molar-refractivity contribution in [2.75, 3.05) is 5.32 Å². The number of hydrogen-bond acceptors (Lipinski definition) is 1. The van der Waals surface area contributed by atoms with Crippen LogP contribution < -0.4 is 5.32 Å². The maximum absolute atomic E-state index is 6.26. The van der Waals surface area contributed by atoms with Gasteiger partial charge in [-0.15, -0.1) is 0 Å². The molecule has 0 fully saturated rings. The molecule has 0 aliphatic rings. The summed E-state index contributed by atoms with van der Waals surface area (Å²) in [5, 5.41) is 4.54. The van der Waals surface area contributed by atoms with Crippen LogP contribution in [0, 0.1) is 6.92 Å². The van der Waals surface area contributed by atoms with Crippen LogP contribution in [0.25, 0.3) is 0 Å². The Bertz CT molecular complexity index is 410. The van der Waals surface area contributed by atoms with Crippen molar-refractivity contribution >= 4 is 33.2 Å². The van der Waals surface area contributed by atoms with E-state index in [-0.39, 0.29) is 0 Å². The van der Waals surface area contributed by atoms with Gasteiger partial charge in [0.25, 0.3) is 0 Å². The third kappa shape index (κ3) is 7.06. The molecule has 0 aliphatic carbocycles. The summed E-state index contributed by atoms with van der Waals surface area (Å²) in [5.74, 6) is 0. The lowest BCUT2D eigenvalue weighted by molar-refractivity contribution is 0.526. The molecule has 1 aromatic carbocycles. The highest BCUT2D eigenvalue weighted by Crippen LogP contribution is 2.30. The van der Waals surface area contributed by atoms with E-state index in [1.165, 1.54) is 51.4 Å². The maximum atomic E-state index is 6.26. The highest BCUT2D eigenvalue weighted by atomic mass is 79.9. The van der Waals surface area contributed by atoms with Gasteiger partial charge in [-0.2, -0.15) is 0 Å². The molecule has 0 atom stereocenters. The van der Waals surface area contributed by atoms with Crippen LogP contribution in [0.5, 0.6) is 0 Å². The van der Waals surface area contributed by atoms with E-state index in [2.05, 4.69) is 41.2 Å². The van der Waals surface area contributed by atoms with Crippen LogP contribution in [-0.2, 0) is 0 Å². The van der Waals surface area contributed by atoms with E-state index >= 15 is 0 Å². The molecule has 1 aromatic rings. The number of halogens is 2. The first-order chi connectivity index (χ1) is 10.1. The average molecular weight is 375 g/mol. The topological polar surface area (TPSA) is 12.0 Å². The average Bonchev–Trinajstić information content (AvgIpc) is 2.45. The lowest BCUT2D eigenvalue weighted by Crippen LogP contribution is -2.20. The van der Waals surface area contributed by atoms with Gasteiger partial charge in [-0.1, -0.05) is 64.0 Å². The van der Waals surface area contributed by atoms with Crippen molar-refractivity contribution in [1.82, 2.24) is 0 Å². The van der Waals surface area contributed by atoms with Crippen molar-refractivity contribution in [3.63, 3.8) is 0 Å². The number of unbranched alkanes of at least 4 members (excludes halogenated alkanes) is 4. The minimum Gasteiger partial charge on any atom is -0.381 e. The number of aryl methyl sites for hydroxylation is 1. The fourth-order valence-electron chi connectivity index (χ4n) is 2.55. The Hall–Kier alpha value is -0.210. The molecule has 1 nitrogen and oxygen atoms in total. The van der Waals surface area contributed by atoms with E-state index in [9.17, 15) is 0 Å². The van der Waals surface area contributed by atoms with Crippen LogP contribution in [0.1, 0.15) is 70.8 Å². The molecule has 0 saturated heterocycles. The van der Waals surface area contributed by atoms with Crippen LogP contribution >= 0.6 is 27.5 Å². The summed E-state index contributed by atoms with van der Waals surface area (Å²) in [6, 6.07) is 4.70. The molecular formula is C18H29BrClN. The van der Waals surface area contributed by atoms with E-state index in [1.54, 1.807) is 0 Å². The van der Waals surface area contributed by atoms with Crippen molar-refractivity contribution in [3.05, 3.63) is 27.2 Å². The second kappa shape index (κ2) is 10.5. The standard InChI is InChI=1S/C18H29BrClN/c1-4-6-8-10-15(11-9-7-5-2)21-18-13-17(20)14(3)12-16(18)19/h12-13,15,21H,4-11H2,1-3H3. The summed E-state index contributed by atoms with van der Waals surface area (Å²) in [7, 11) is 0. The van der Waals surface area contributed by atoms with Crippen LogP contribution in [0.15, 0.2) is 16.6 Å². The summed E-state index contributed by atoms with van der Waals surface area (Å²) in [5.41, 5.74) is 2.24. The molecule has 0 bridgehead atoms. The molecule has 1 N–H and O–H groups in total. The Morgan fingerprint density at radius 2 is 1.62 bits per heavy atom. The second-order valence-electron chi connectivity index (χ2n) is 5.91. The van der Waals surface area contributed by atoms with Gasteiger partial charge in [0.1, 0.15) is 0 Å². The first-order valence-corrected chi connectivity index (χ1v) is 9.47. The smallest absolute Gasteiger partial charge is 0.0501 e. The minimum atomic E-state index is 0.554. The molecule has 0 unspecified atom stereocenters. The molecule has 120 valence electrons. The van der Waals surface area contributed by atoms with Crippen LogP contribution in [0.3, 0.4) is 0 Å². The van der Waals surface area contributed by atoms with Gasteiger partial charge < -0.3 is 5.32 Å². The SMILES string of the molecule is CCCCCC(CCCCC)Nc1cc(Cl)c(C)cc1Br. The molecular weight excluding hydrogens is 346 g/mol. The molecule has 0 heterocycles. The van der Waals surface area contributed by atoms with Gasteiger partial charge in [0.2, 0.25) is 0 Å². The molecule has 1 rings (SSSR count). The normalized spacial score (nSPS) is 11.1. The summed E-state index contributed by atoms with van der Waals surface area (Å²) in [4.78, 5) is 0. The zero-order chi connectivity index (χ0) is 15.7. The fourth-order valence-corrected chi connectivity index (χ4v) is 3.28. The van der Waals surface area contributed by atoms with Gasteiger partial charge in [-0.05, 0) is 53.4 Å². The molecule has 0 aliphatic heterocycles. The molecule has 0 spiro atoms. The van der Waals surface area contributed by atoms with Crippen LogP contribution in [-0.4, -0.2) is 6.04 Å². The Labute approximate surface area is 144 Å². The molecule has 21 heavy (non-hydrogen) atoms. The van der Waals surface area contributed by atoms with Crippen molar-refractivity contribution in [1.29, 1.82) is 0 Å². The first-order valence-electron chi connectivity index (χ1n) is 8.30. The van der Waals surface area contributed by atoms with Gasteiger partial charge in [0, 0.05) is 15.5 Å². The Kier molecular flexibility index (Phi) is 9.42. The quantitative estimate of drug-likeness (QED) is 0.422. The summed E-state index contributed by atoms with van der Waals surface area (Å²) < 4.78 is 1.11. The van der Waals surface area contributed by atoms with Gasteiger partial charge in [-0.3, -0.25) is 0 Å². The van der Waals surface area contributed by atoms with Crippen molar-refractivity contribution in [2.24, 2.45) is 0 Å². The van der Waals surface area contributed by atoms with Gasteiger partial charge in [0.05, 0.1) is 5.69 Å². The Balaban J connectivity index is 2.67. The zero-order valence-corrected chi connectivity index (χ0v) is 16.0. The number of anilines is 1. The van der Waals surface area contributed by atoms with E-state index in [0.717, 1.165) is 20.7 Å². The Morgan fingerprint density at radius 3 is 2.14 bits per heavy atom. The monoisotopic (exact) mass is 373 g/mol. The third-order valence-electron chi connectivity index (χ3n) is 3.92. The van der Waals surface area contributed by atoms with Gasteiger partial charge >= 0.3 is 0 Å². The van der Waals surface area contributed by atoms with E-state index in [1.807, 2.05) is 13.0 Å². The first kappa shape index (κ1) is 18.8. The number of hydrogen-bond donors (Lipinski definition) is 1. The van der Waals surface area contributed by atoms with Crippen molar-refractivity contribution in [2.45, 2.75) is 78.2 Å². The van der Waals surface area contributed by atoms with Crippen molar-refractivity contribution < 1.29 is 0 Å². The van der Waals surface area contributed by atoms with Gasteiger partial charge in [-0.25, -0.2) is 0 Å². The largest absolute Gasteiger partial charge is 0.381 e. The predicted octanol–water partition coefficient (Wildman–Crippen LogP) is 7.35. The van der Waals surface area contributed by atoms with Gasteiger partial charge in [0.15, 0.2) is 0 Å². The maximum Gasteiger partial charge on any atom is 0.0501 e. The van der Waals surface area contributed by atoms with Crippen LogP contribution in [0.2, 0.25) is 5.02 Å². The summed E-state index contributed by atoms with van der Waals surface area (Å²) in [6.07, 6.45) is 10.3. The minimum absolute atomic E-state index is 0.554. The summed E-state index contributed by atoms with van der Waals surface area (Å²) in [6.45, 7) is 6.56. The molecule has 0 radical (unpaired) electrons. The second-order valence-corrected chi connectivity index (χ2v) is 7.18. The molecule has 0 amide bonds. The van der Waals surface area contributed by atoms with Crippen LogP contribution in [0.4, 0.5) is 5.69 Å². The Morgan fingerprint density at radius 1 is 1.05 bits per heavy atom. The van der Waals surface area contributed by atoms with E-state index in [0.29, 0.717) is 6.04 Å². The lowest BCUT2D eigenvalue weighted by atomic mass is 10.0. The highest BCUT2D eigenvalue weighted by molar-refractivity contribution is 9.10.